The van der Waals surface area contributed by atoms with Gasteiger partial charge in [-0.15, -0.1) is 0 Å². The predicted molar refractivity (Wildman–Crippen MR) is 113 cm³/mol. The molecule has 2 heteroatoms. The number of aliphatic imine (C=N–C) groups is 2. The van der Waals surface area contributed by atoms with Crippen molar-refractivity contribution < 1.29 is 0 Å². The molecule has 0 spiro atoms. The zero-order valence-corrected chi connectivity index (χ0v) is 17.1. The fraction of sp³-hybridized carbons (Fsp3) is 0.417. The van der Waals surface area contributed by atoms with Crippen molar-refractivity contribution in [2.24, 2.45) is 9.98 Å². The topological polar surface area (TPSA) is 24.7 Å². The average molecular weight is 347 g/mol. The van der Waals surface area contributed by atoms with E-state index in [1.165, 1.54) is 16.7 Å². The third-order valence-electron chi connectivity index (χ3n) is 5.48. The summed E-state index contributed by atoms with van der Waals surface area (Å²) >= 11 is 0. The standard InChI is InChI=1S/C24H30N2/c1-16(25-21-15-11-10-14-20(21)23(3,4)5)17(2)26-22-18-12-8-9-13-19(18)24(22,6)7/h8-15,22H,1-7H3/b25-16+,26-17+. The maximum absolute atomic E-state index is 5.05. The van der Waals surface area contributed by atoms with Crippen molar-refractivity contribution >= 4 is 17.1 Å². The van der Waals surface area contributed by atoms with Crippen LogP contribution in [0.4, 0.5) is 5.69 Å². The largest absolute Gasteiger partial charge is 0.279 e. The van der Waals surface area contributed by atoms with Gasteiger partial charge < -0.3 is 0 Å². The third kappa shape index (κ3) is 3.25. The van der Waals surface area contributed by atoms with Crippen LogP contribution in [0.2, 0.25) is 0 Å². The number of nitrogens with zero attached hydrogens (tertiary/aromatic N) is 2. The minimum absolute atomic E-state index is 0.0698. The smallest absolute Gasteiger partial charge is 0.0847 e. The van der Waals surface area contributed by atoms with Crippen LogP contribution in [-0.4, -0.2) is 11.4 Å². The normalized spacial score (nSPS) is 19.7. The van der Waals surface area contributed by atoms with E-state index < -0.39 is 0 Å². The number of rotatable bonds is 3. The molecule has 3 rings (SSSR count). The van der Waals surface area contributed by atoms with Gasteiger partial charge >= 0.3 is 0 Å². The maximum atomic E-state index is 5.05. The van der Waals surface area contributed by atoms with E-state index in [1.54, 1.807) is 0 Å². The Bertz CT molecular complexity index is 879. The molecule has 1 aliphatic rings. The fourth-order valence-electron chi connectivity index (χ4n) is 3.77. The van der Waals surface area contributed by atoms with Crippen molar-refractivity contribution in [3.63, 3.8) is 0 Å². The number of benzene rings is 2. The lowest BCUT2D eigenvalue weighted by atomic mass is 9.62. The van der Waals surface area contributed by atoms with Crippen LogP contribution >= 0.6 is 0 Å². The summed E-state index contributed by atoms with van der Waals surface area (Å²) in [5, 5.41) is 0. The first-order chi connectivity index (χ1) is 12.1. The van der Waals surface area contributed by atoms with Crippen molar-refractivity contribution in [3.8, 4) is 0 Å². The van der Waals surface area contributed by atoms with Crippen molar-refractivity contribution in [1.82, 2.24) is 0 Å². The molecule has 0 bridgehead atoms. The number of para-hydroxylation sites is 1. The van der Waals surface area contributed by atoms with Crippen LogP contribution in [0.25, 0.3) is 0 Å². The molecule has 0 fully saturated rings. The van der Waals surface area contributed by atoms with Crippen LogP contribution in [0.1, 0.15) is 71.2 Å². The van der Waals surface area contributed by atoms with Gasteiger partial charge in [0.2, 0.25) is 0 Å². The van der Waals surface area contributed by atoms with Gasteiger partial charge in [0, 0.05) is 5.41 Å². The van der Waals surface area contributed by atoms with Gasteiger partial charge in [-0.3, -0.25) is 9.98 Å². The Hall–Kier alpha value is -2.22. The molecule has 0 saturated carbocycles. The van der Waals surface area contributed by atoms with Crippen LogP contribution in [-0.2, 0) is 10.8 Å². The molecule has 0 radical (unpaired) electrons. The summed E-state index contributed by atoms with van der Waals surface area (Å²) in [4.78, 5) is 9.98. The van der Waals surface area contributed by atoms with Crippen molar-refractivity contribution in [1.29, 1.82) is 0 Å². The first-order valence-corrected chi connectivity index (χ1v) is 9.41. The van der Waals surface area contributed by atoms with Gasteiger partial charge in [0.25, 0.3) is 0 Å². The summed E-state index contributed by atoms with van der Waals surface area (Å²) in [6.07, 6.45) is 0. The second-order valence-electron chi connectivity index (χ2n) is 8.89. The molecule has 26 heavy (non-hydrogen) atoms. The van der Waals surface area contributed by atoms with E-state index in [4.69, 9.17) is 9.98 Å². The summed E-state index contributed by atoms with van der Waals surface area (Å²) in [5.74, 6) is 0. The maximum Gasteiger partial charge on any atom is 0.0847 e. The first kappa shape index (κ1) is 18.6. The van der Waals surface area contributed by atoms with Crippen molar-refractivity contribution in [3.05, 3.63) is 65.2 Å². The van der Waals surface area contributed by atoms with Crippen LogP contribution in [0.5, 0.6) is 0 Å². The molecule has 0 saturated heterocycles. The number of fused-ring (bicyclic) bond motifs is 1. The van der Waals surface area contributed by atoms with Gasteiger partial charge in [-0.2, -0.15) is 0 Å². The van der Waals surface area contributed by atoms with Crippen LogP contribution in [0.15, 0.2) is 58.5 Å². The van der Waals surface area contributed by atoms with Crippen LogP contribution in [0, 0.1) is 0 Å². The molecular weight excluding hydrogens is 316 g/mol. The summed E-state index contributed by atoms with van der Waals surface area (Å²) in [7, 11) is 0. The summed E-state index contributed by atoms with van der Waals surface area (Å²) in [6, 6.07) is 17.3. The van der Waals surface area contributed by atoms with Crippen molar-refractivity contribution in [2.45, 2.75) is 65.3 Å². The van der Waals surface area contributed by atoms with E-state index in [1.807, 2.05) is 0 Å². The Morgan fingerprint density at radius 3 is 2.19 bits per heavy atom. The molecule has 0 aromatic heterocycles. The predicted octanol–water partition coefficient (Wildman–Crippen LogP) is 6.57. The van der Waals surface area contributed by atoms with Gasteiger partial charge in [0.05, 0.1) is 23.2 Å². The molecule has 1 unspecified atom stereocenters. The lowest BCUT2D eigenvalue weighted by Crippen LogP contribution is -2.38. The molecule has 0 N–H and O–H groups in total. The monoisotopic (exact) mass is 346 g/mol. The quantitative estimate of drug-likeness (QED) is 0.562. The molecule has 0 heterocycles. The molecular formula is C24H30N2. The fourth-order valence-corrected chi connectivity index (χ4v) is 3.77. The molecule has 2 aromatic rings. The van der Waals surface area contributed by atoms with Gasteiger partial charge in [-0.1, -0.05) is 77.1 Å². The number of hydrogen-bond acceptors (Lipinski definition) is 2. The van der Waals surface area contributed by atoms with Gasteiger partial charge in [0.15, 0.2) is 0 Å². The SMILES string of the molecule is CC(=N\c1ccccc1C(C)(C)C)/C(C)=N/C1c2ccccc2C1(C)C. The third-order valence-corrected chi connectivity index (χ3v) is 5.48. The highest BCUT2D eigenvalue weighted by molar-refractivity contribution is 6.41. The van der Waals surface area contributed by atoms with Crippen molar-refractivity contribution in [2.75, 3.05) is 0 Å². The van der Waals surface area contributed by atoms with Crippen LogP contribution in [0.3, 0.4) is 0 Å². The number of hydrogen-bond donors (Lipinski definition) is 0. The Balaban J connectivity index is 1.94. The van der Waals surface area contributed by atoms with E-state index in [2.05, 4.69) is 97.0 Å². The Morgan fingerprint density at radius 1 is 0.885 bits per heavy atom. The van der Waals surface area contributed by atoms with E-state index in [9.17, 15) is 0 Å². The molecule has 1 atom stereocenters. The molecule has 1 aliphatic carbocycles. The van der Waals surface area contributed by atoms with Gasteiger partial charge in [-0.25, -0.2) is 0 Å². The highest BCUT2D eigenvalue weighted by atomic mass is 14.9. The van der Waals surface area contributed by atoms with Crippen LogP contribution < -0.4 is 0 Å². The van der Waals surface area contributed by atoms with E-state index in [0.29, 0.717) is 0 Å². The molecule has 0 aliphatic heterocycles. The lowest BCUT2D eigenvalue weighted by Gasteiger charge is -2.44. The summed E-state index contributed by atoms with van der Waals surface area (Å²) in [5.41, 5.74) is 7.22. The van der Waals surface area contributed by atoms with Gasteiger partial charge in [-0.05, 0) is 42.0 Å². The zero-order valence-electron chi connectivity index (χ0n) is 17.1. The second-order valence-corrected chi connectivity index (χ2v) is 8.89. The highest BCUT2D eigenvalue weighted by Gasteiger charge is 2.44. The summed E-state index contributed by atoms with van der Waals surface area (Å²) < 4.78 is 0. The summed E-state index contributed by atoms with van der Waals surface area (Å²) in [6.45, 7) is 15.4. The highest BCUT2D eigenvalue weighted by Crippen LogP contribution is 2.51. The zero-order chi connectivity index (χ0) is 19.1. The Kier molecular flexibility index (Phi) is 4.64. The minimum atomic E-state index is 0.0698. The van der Waals surface area contributed by atoms with E-state index in [0.717, 1.165) is 17.1 Å². The van der Waals surface area contributed by atoms with Gasteiger partial charge in [0.1, 0.15) is 0 Å². The minimum Gasteiger partial charge on any atom is -0.279 e. The van der Waals surface area contributed by atoms with E-state index in [-0.39, 0.29) is 16.9 Å². The molecule has 2 nitrogen and oxygen atoms in total. The second kappa shape index (κ2) is 6.50. The lowest BCUT2D eigenvalue weighted by molar-refractivity contribution is 0.358. The average Bonchev–Trinajstić information content (AvgIpc) is 2.59. The molecule has 136 valence electrons. The Labute approximate surface area is 158 Å². The molecule has 2 aromatic carbocycles. The first-order valence-electron chi connectivity index (χ1n) is 9.41. The molecule has 0 amide bonds. The Morgan fingerprint density at radius 2 is 1.50 bits per heavy atom. The van der Waals surface area contributed by atoms with E-state index >= 15 is 0 Å².